The van der Waals surface area contributed by atoms with Crippen molar-refractivity contribution in [3.05, 3.63) is 29.8 Å². The Labute approximate surface area is 194 Å². The number of β-lactam (4-membered cyclic amide) rings is 1. The number of hydrogen-bond donors (Lipinski definition) is 2. The summed E-state index contributed by atoms with van der Waals surface area (Å²) >= 11 is 1.31. The largest absolute Gasteiger partial charge is 1.00 e. The number of thioether (sulfide) groups is 1. The number of benzene rings is 1. The number of ether oxygens (including phenoxy) is 1. The molecule has 0 saturated carbocycles. The van der Waals surface area contributed by atoms with E-state index in [4.69, 9.17) is 4.74 Å². The number of carboxylic acid groups (broad SMARTS) is 1. The number of carbonyl (C=O) groups excluding carboxylic acids is 4. The van der Waals surface area contributed by atoms with Gasteiger partial charge in [-0.15, -0.1) is 11.8 Å². The first-order valence-corrected chi connectivity index (χ1v) is 9.59. The molecule has 0 spiro atoms. The Bertz CT molecular complexity index is 831. The van der Waals surface area contributed by atoms with Crippen LogP contribution in [0, 0.1) is 0 Å². The van der Waals surface area contributed by atoms with Crippen LogP contribution in [0.1, 0.15) is 31.1 Å². The van der Waals surface area contributed by atoms with Gasteiger partial charge in [-0.05, 0) is 45.0 Å². The molecule has 3 amide bonds. The van der Waals surface area contributed by atoms with E-state index in [1.54, 1.807) is 32.9 Å². The predicted octanol–water partition coefficient (Wildman–Crippen LogP) is -2.83. The topological polar surface area (TPSA) is 128 Å². The van der Waals surface area contributed by atoms with E-state index < -0.39 is 46.1 Å². The number of nitrogens with one attached hydrogen (secondary N) is 2. The number of urea groups is 1. The molecule has 11 heteroatoms. The van der Waals surface area contributed by atoms with Crippen molar-refractivity contribution >= 4 is 41.3 Å². The molecule has 3 atom stereocenters. The van der Waals surface area contributed by atoms with Gasteiger partial charge in [0.2, 0.25) is 5.91 Å². The fourth-order valence-electron chi connectivity index (χ4n) is 3.34. The summed E-state index contributed by atoms with van der Waals surface area (Å²) < 4.78 is 4.18. The van der Waals surface area contributed by atoms with E-state index in [1.807, 2.05) is 0 Å². The molecule has 29 heavy (non-hydrogen) atoms. The maximum absolute atomic E-state index is 12.3. The molecule has 2 N–H and O–H groups in total. The first-order valence-electron chi connectivity index (χ1n) is 8.71. The van der Waals surface area contributed by atoms with Crippen molar-refractivity contribution in [2.45, 2.75) is 43.0 Å². The van der Waals surface area contributed by atoms with Gasteiger partial charge < -0.3 is 30.2 Å². The normalized spacial score (nSPS) is 23.9. The molecule has 2 heterocycles. The summed E-state index contributed by atoms with van der Waals surface area (Å²) in [5.41, 5.74) is 0.789. The molecule has 9 nitrogen and oxygen atoms in total. The number of amides is 3. The van der Waals surface area contributed by atoms with E-state index in [0.29, 0.717) is 11.3 Å². The van der Waals surface area contributed by atoms with E-state index in [1.165, 1.54) is 28.8 Å². The van der Waals surface area contributed by atoms with Crippen LogP contribution >= 0.6 is 11.8 Å². The van der Waals surface area contributed by atoms with E-state index in [9.17, 15) is 24.3 Å². The summed E-state index contributed by atoms with van der Waals surface area (Å²) in [6.07, 6.45) is 0. The Morgan fingerprint density at radius 1 is 1.24 bits per heavy atom. The minimum Gasteiger partial charge on any atom is -0.548 e. The van der Waals surface area contributed by atoms with E-state index in [2.05, 4.69) is 10.6 Å². The zero-order valence-corrected chi connectivity index (χ0v) is 19.4. The van der Waals surface area contributed by atoms with Crippen LogP contribution in [0.25, 0.3) is 0 Å². The molecule has 2 saturated heterocycles. The molecule has 2 aliphatic rings. The van der Waals surface area contributed by atoms with Gasteiger partial charge in [-0.25, -0.2) is 9.59 Å². The zero-order chi connectivity index (χ0) is 20.6. The van der Waals surface area contributed by atoms with Crippen molar-refractivity contribution in [2.24, 2.45) is 0 Å². The van der Waals surface area contributed by atoms with Gasteiger partial charge in [-0.3, -0.25) is 4.79 Å². The Morgan fingerprint density at radius 3 is 2.41 bits per heavy atom. The monoisotopic (exact) mass is 429 g/mol. The second kappa shape index (κ2) is 8.95. The zero-order valence-electron chi connectivity index (χ0n) is 16.6. The Kier molecular flexibility index (Phi) is 7.26. The second-order valence-corrected chi connectivity index (χ2v) is 8.72. The molecular weight excluding hydrogens is 409 g/mol. The van der Waals surface area contributed by atoms with Gasteiger partial charge >= 0.3 is 41.6 Å². The minimum absolute atomic E-state index is 0. The van der Waals surface area contributed by atoms with Gasteiger partial charge in [0.1, 0.15) is 11.4 Å². The molecule has 2 aliphatic heterocycles. The number of aliphatic carboxylic acids is 1. The quantitative estimate of drug-likeness (QED) is 0.293. The van der Waals surface area contributed by atoms with Crippen LogP contribution in [0.5, 0.6) is 0 Å². The molecule has 1 aromatic rings. The number of carbonyl (C=O) groups is 4. The molecule has 2 fully saturated rings. The minimum atomic E-state index is -1.31. The average molecular weight is 429 g/mol. The van der Waals surface area contributed by atoms with E-state index in [-0.39, 0.29) is 36.2 Å². The summed E-state index contributed by atoms with van der Waals surface area (Å²) in [6.45, 7) is 5.43. The average Bonchev–Trinajstić information content (AvgIpc) is 2.88. The van der Waals surface area contributed by atoms with Crippen LogP contribution < -0.4 is 45.3 Å². The second-order valence-electron chi connectivity index (χ2n) is 6.95. The van der Waals surface area contributed by atoms with Gasteiger partial charge in [-0.2, -0.15) is 0 Å². The Hall–Kier alpha value is -1.75. The predicted molar refractivity (Wildman–Crippen MR) is 99.4 cm³/mol. The standard InChI is InChI=1S/C18H21N3O6S.Na/c1-4-27-16(25)9-5-7-10(8-6-9)19-17(26)20-11-13(22)21-12(15(23)24)18(2,3)28-14(11)21;/h5-8,11-12,14H,4H2,1-3H3,(H,23,24)(H2,19,20,26);/q;+1/p-1/t11?,12-,14?;/m0./s1. The van der Waals surface area contributed by atoms with Crippen molar-refractivity contribution < 1.29 is 58.6 Å². The van der Waals surface area contributed by atoms with Crippen molar-refractivity contribution in [1.82, 2.24) is 10.2 Å². The van der Waals surface area contributed by atoms with Crippen molar-refractivity contribution in [1.29, 1.82) is 0 Å². The third kappa shape index (κ3) is 4.55. The first-order chi connectivity index (χ1) is 13.2. The molecule has 0 aliphatic carbocycles. The van der Waals surface area contributed by atoms with Gasteiger partial charge in [0, 0.05) is 10.4 Å². The molecule has 0 radical (unpaired) electrons. The van der Waals surface area contributed by atoms with Crippen molar-refractivity contribution in [2.75, 3.05) is 11.9 Å². The summed E-state index contributed by atoms with van der Waals surface area (Å²) in [5.74, 6) is -2.22. The number of anilines is 1. The molecule has 0 bridgehead atoms. The van der Waals surface area contributed by atoms with Crippen LogP contribution in [0.3, 0.4) is 0 Å². The van der Waals surface area contributed by atoms with E-state index >= 15 is 0 Å². The third-order valence-corrected chi connectivity index (χ3v) is 6.18. The fourth-order valence-corrected chi connectivity index (χ4v) is 4.96. The molecule has 150 valence electrons. The van der Waals surface area contributed by atoms with Crippen LogP contribution in [-0.4, -0.2) is 57.6 Å². The molecular formula is C18H20N3NaO6S. The summed E-state index contributed by atoms with van der Waals surface area (Å²) in [6, 6.07) is 3.67. The SMILES string of the molecule is CCOC(=O)c1ccc(NC(=O)NC2C(=O)N3C2SC(C)(C)[C@@H]3C(=O)[O-])cc1.[Na+]. The third-order valence-electron chi connectivity index (χ3n) is 4.60. The van der Waals surface area contributed by atoms with Crippen LogP contribution in [-0.2, 0) is 14.3 Å². The van der Waals surface area contributed by atoms with Gasteiger partial charge in [0.05, 0.1) is 24.2 Å². The van der Waals surface area contributed by atoms with Crippen molar-refractivity contribution in [3.8, 4) is 0 Å². The van der Waals surface area contributed by atoms with Gasteiger partial charge in [0.25, 0.3) is 0 Å². The van der Waals surface area contributed by atoms with Gasteiger partial charge in [0.15, 0.2) is 0 Å². The fraction of sp³-hybridized carbons (Fsp3) is 0.444. The van der Waals surface area contributed by atoms with Crippen molar-refractivity contribution in [3.63, 3.8) is 0 Å². The number of rotatable bonds is 5. The van der Waals surface area contributed by atoms with Crippen LogP contribution in [0.4, 0.5) is 10.5 Å². The Morgan fingerprint density at radius 2 is 1.86 bits per heavy atom. The number of esters is 1. The maximum Gasteiger partial charge on any atom is 1.00 e. The number of carboxylic acids is 1. The Balaban J connectivity index is 0.00000300. The maximum atomic E-state index is 12.3. The molecule has 0 aromatic heterocycles. The van der Waals surface area contributed by atoms with Crippen LogP contribution in [0.15, 0.2) is 24.3 Å². The molecule has 3 rings (SSSR count). The summed E-state index contributed by atoms with van der Waals surface area (Å²) in [7, 11) is 0. The van der Waals surface area contributed by atoms with Crippen LogP contribution in [0.2, 0.25) is 0 Å². The number of fused-ring (bicyclic) bond motifs is 1. The van der Waals surface area contributed by atoms with E-state index in [0.717, 1.165) is 0 Å². The smallest absolute Gasteiger partial charge is 0.548 e. The molecule has 1 aromatic carbocycles. The number of hydrogen-bond acceptors (Lipinski definition) is 7. The molecule has 2 unspecified atom stereocenters. The number of nitrogens with zero attached hydrogens (tertiary/aromatic N) is 1. The van der Waals surface area contributed by atoms with Gasteiger partial charge in [-0.1, -0.05) is 0 Å². The summed E-state index contributed by atoms with van der Waals surface area (Å²) in [4.78, 5) is 48.8. The summed E-state index contributed by atoms with van der Waals surface area (Å²) in [5, 5.41) is 16.1. The first kappa shape index (κ1) is 23.5.